The molecule has 0 bridgehead atoms. The molecule has 0 aliphatic carbocycles. The molecule has 24 heavy (non-hydrogen) atoms. The summed E-state index contributed by atoms with van der Waals surface area (Å²) in [5.41, 5.74) is 0.464. The third-order valence-corrected chi connectivity index (χ3v) is 4.43. The summed E-state index contributed by atoms with van der Waals surface area (Å²) in [6, 6.07) is 7.08. The quantitative estimate of drug-likeness (QED) is 0.916. The number of benzene rings is 1. The van der Waals surface area contributed by atoms with Crippen LogP contribution >= 0.6 is 0 Å². The van der Waals surface area contributed by atoms with Crippen molar-refractivity contribution < 1.29 is 19.2 Å². The van der Waals surface area contributed by atoms with E-state index < -0.39 is 5.60 Å². The van der Waals surface area contributed by atoms with Gasteiger partial charge in [-0.3, -0.25) is 9.59 Å². The topological polar surface area (TPSA) is 80.2 Å². The molecule has 1 N–H and O–H groups in total. The van der Waals surface area contributed by atoms with Crippen LogP contribution in [0.1, 0.15) is 26.2 Å². The number of nitrogens with zero attached hydrogens (tertiary/aromatic N) is 2. The molecule has 1 spiro atoms. The largest absolute Gasteiger partial charge is 0.497 e. The van der Waals surface area contributed by atoms with Crippen LogP contribution in [0.5, 0.6) is 5.75 Å². The summed E-state index contributed by atoms with van der Waals surface area (Å²) in [5, 5.41) is 6.78. The van der Waals surface area contributed by atoms with E-state index in [-0.39, 0.29) is 11.8 Å². The standard InChI is InChI=1S/C17H21N3O4/c1-12(21)20-9-3-8-17(11-20)10-15(19-24-17)16(22)18-13-4-6-14(23-2)7-5-13/h4-7H,3,8-11H2,1-2H3,(H,18,22). The first kappa shape index (κ1) is 16.3. The highest BCUT2D eigenvalue weighted by atomic mass is 16.7. The maximum atomic E-state index is 12.4. The lowest BCUT2D eigenvalue weighted by Gasteiger charge is -2.37. The van der Waals surface area contributed by atoms with Crippen LogP contribution in [0.2, 0.25) is 0 Å². The molecule has 0 saturated carbocycles. The molecule has 1 saturated heterocycles. The van der Waals surface area contributed by atoms with Gasteiger partial charge >= 0.3 is 0 Å². The molecule has 1 atom stereocenters. The van der Waals surface area contributed by atoms with Crippen LogP contribution in [0.15, 0.2) is 29.4 Å². The average Bonchev–Trinajstić information content (AvgIpc) is 2.99. The Morgan fingerprint density at radius 2 is 2.08 bits per heavy atom. The van der Waals surface area contributed by atoms with Crippen LogP contribution < -0.4 is 10.1 Å². The van der Waals surface area contributed by atoms with E-state index in [0.29, 0.717) is 24.4 Å². The number of amides is 2. The highest BCUT2D eigenvalue weighted by molar-refractivity contribution is 6.43. The number of carbonyl (C=O) groups is 2. The minimum atomic E-state index is -0.559. The first-order chi connectivity index (χ1) is 11.5. The zero-order valence-electron chi connectivity index (χ0n) is 13.9. The molecule has 1 aromatic rings. The molecule has 0 radical (unpaired) electrons. The second-order valence-electron chi connectivity index (χ2n) is 6.22. The number of nitrogens with one attached hydrogen (secondary N) is 1. The molecule has 7 heteroatoms. The average molecular weight is 331 g/mol. The van der Waals surface area contributed by atoms with Crippen molar-refractivity contribution in [3.8, 4) is 5.75 Å². The van der Waals surface area contributed by atoms with Crippen LogP contribution in [0, 0.1) is 0 Å². The number of hydrogen-bond acceptors (Lipinski definition) is 5. The fraction of sp³-hybridized carbons (Fsp3) is 0.471. The lowest BCUT2D eigenvalue weighted by molar-refractivity contribution is -0.138. The minimum Gasteiger partial charge on any atom is -0.497 e. The molecule has 1 fully saturated rings. The van der Waals surface area contributed by atoms with E-state index in [0.717, 1.165) is 25.1 Å². The SMILES string of the molecule is COc1ccc(NC(=O)C2=NOC3(CCCN(C(C)=O)C3)C2)cc1. The number of rotatable bonds is 3. The molecule has 0 aromatic heterocycles. The summed E-state index contributed by atoms with van der Waals surface area (Å²) in [5.74, 6) is 0.464. The second-order valence-corrected chi connectivity index (χ2v) is 6.22. The molecule has 128 valence electrons. The summed E-state index contributed by atoms with van der Waals surface area (Å²) in [6.45, 7) is 2.76. The maximum absolute atomic E-state index is 12.4. The van der Waals surface area contributed by atoms with Gasteiger partial charge in [0.05, 0.1) is 13.7 Å². The highest BCUT2D eigenvalue weighted by Gasteiger charge is 2.45. The third-order valence-electron chi connectivity index (χ3n) is 4.43. The molecule has 2 amide bonds. The van der Waals surface area contributed by atoms with Crippen molar-refractivity contribution in [2.24, 2.45) is 5.16 Å². The van der Waals surface area contributed by atoms with E-state index in [2.05, 4.69) is 10.5 Å². The summed E-state index contributed by atoms with van der Waals surface area (Å²) in [4.78, 5) is 31.3. The predicted octanol–water partition coefficient (Wildman–Crippen LogP) is 1.79. The van der Waals surface area contributed by atoms with E-state index in [9.17, 15) is 9.59 Å². The predicted molar refractivity (Wildman–Crippen MR) is 89.0 cm³/mol. The number of ether oxygens (including phenoxy) is 1. The zero-order valence-corrected chi connectivity index (χ0v) is 13.9. The smallest absolute Gasteiger partial charge is 0.273 e. The second kappa shape index (κ2) is 6.51. The van der Waals surface area contributed by atoms with Crippen molar-refractivity contribution >= 4 is 23.2 Å². The Hall–Kier alpha value is -2.57. The number of piperidine rings is 1. The number of hydrogen-bond donors (Lipinski definition) is 1. The van der Waals surface area contributed by atoms with Gasteiger partial charge in [0.15, 0.2) is 5.60 Å². The minimum absolute atomic E-state index is 0.0220. The Morgan fingerprint density at radius 1 is 1.33 bits per heavy atom. The molecule has 1 unspecified atom stereocenters. The maximum Gasteiger partial charge on any atom is 0.273 e. The van der Waals surface area contributed by atoms with Crippen molar-refractivity contribution in [3.63, 3.8) is 0 Å². The van der Waals surface area contributed by atoms with Gasteiger partial charge in [-0.2, -0.15) is 0 Å². The van der Waals surface area contributed by atoms with Gasteiger partial charge in [-0.1, -0.05) is 5.16 Å². The fourth-order valence-corrected chi connectivity index (χ4v) is 3.11. The van der Waals surface area contributed by atoms with Gasteiger partial charge in [-0.05, 0) is 37.1 Å². The molecule has 7 nitrogen and oxygen atoms in total. The fourth-order valence-electron chi connectivity index (χ4n) is 3.11. The van der Waals surface area contributed by atoms with E-state index in [1.165, 1.54) is 0 Å². The van der Waals surface area contributed by atoms with E-state index in [1.807, 2.05) is 0 Å². The number of methoxy groups -OCH3 is 1. The first-order valence-corrected chi connectivity index (χ1v) is 7.97. The van der Waals surface area contributed by atoms with E-state index in [4.69, 9.17) is 9.57 Å². The summed E-state index contributed by atoms with van der Waals surface area (Å²) in [7, 11) is 1.59. The molecule has 2 heterocycles. The molecule has 3 rings (SSSR count). The van der Waals surface area contributed by atoms with Crippen LogP contribution in [0.25, 0.3) is 0 Å². The number of carbonyl (C=O) groups excluding carboxylic acids is 2. The number of anilines is 1. The molecular formula is C17H21N3O4. The van der Waals surface area contributed by atoms with Gasteiger partial charge in [0.2, 0.25) is 5.91 Å². The lowest BCUT2D eigenvalue weighted by atomic mass is 9.88. The Bertz CT molecular complexity index is 671. The summed E-state index contributed by atoms with van der Waals surface area (Å²) >= 11 is 0. The van der Waals surface area contributed by atoms with Crippen molar-refractivity contribution in [2.75, 3.05) is 25.5 Å². The Balaban J connectivity index is 1.61. The van der Waals surface area contributed by atoms with Gasteiger partial charge < -0.3 is 19.8 Å². The molecule has 2 aliphatic heterocycles. The molecule has 2 aliphatic rings. The Labute approximate surface area is 140 Å². The normalized spacial score (nSPS) is 22.8. The van der Waals surface area contributed by atoms with Crippen molar-refractivity contribution in [3.05, 3.63) is 24.3 Å². The van der Waals surface area contributed by atoms with E-state index >= 15 is 0 Å². The van der Waals surface area contributed by atoms with Crippen molar-refractivity contribution in [1.82, 2.24) is 4.90 Å². The molecular weight excluding hydrogens is 310 g/mol. The summed E-state index contributed by atoms with van der Waals surface area (Å²) in [6.07, 6.45) is 2.06. The van der Waals surface area contributed by atoms with Crippen LogP contribution in [-0.2, 0) is 14.4 Å². The van der Waals surface area contributed by atoms with Crippen LogP contribution in [-0.4, -0.2) is 48.2 Å². The number of likely N-dealkylation sites (tertiary alicyclic amines) is 1. The third kappa shape index (κ3) is 3.34. The lowest BCUT2D eigenvalue weighted by Crippen LogP contribution is -2.50. The van der Waals surface area contributed by atoms with Crippen LogP contribution in [0.4, 0.5) is 5.69 Å². The zero-order chi connectivity index (χ0) is 17.2. The monoisotopic (exact) mass is 331 g/mol. The van der Waals surface area contributed by atoms with E-state index in [1.54, 1.807) is 43.2 Å². The molecule has 1 aromatic carbocycles. The number of oxime groups is 1. The van der Waals surface area contributed by atoms with Crippen LogP contribution in [0.3, 0.4) is 0 Å². The summed E-state index contributed by atoms with van der Waals surface area (Å²) < 4.78 is 5.09. The van der Waals surface area contributed by atoms with Gasteiger partial charge in [0, 0.05) is 25.6 Å². The van der Waals surface area contributed by atoms with Gasteiger partial charge in [0.1, 0.15) is 11.5 Å². The highest BCUT2D eigenvalue weighted by Crippen LogP contribution is 2.33. The van der Waals surface area contributed by atoms with Gasteiger partial charge in [0.25, 0.3) is 5.91 Å². The Morgan fingerprint density at radius 3 is 2.75 bits per heavy atom. The first-order valence-electron chi connectivity index (χ1n) is 7.97. The van der Waals surface area contributed by atoms with Gasteiger partial charge in [-0.25, -0.2) is 0 Å². The van der Waals surface area contributed by atoms with Gasteiger partial charge in [-0.15, -0.1) is 0 Å². The van der Waals surface area contributed by atoms with Crippen molar-refractivity contribution in [1.29, 1.82) is 0 Å². The Kier molecular flexibility index (Phi) is 4.42. The van der Waals surface area contributed by atoms with Crippen molar-refractivity contribution in [2.45, 2.75) is 31.8 Å².